The van der Waals surface area contributed by atoms with Crippen molar-refractivity contribution in [2.45, 2.75) is 37.6 Å². The summed E-state index contributed by atoms with van der Waals surface area (Å²) in [5, 5.41) is 37.9. The van der Waals surface area contributed by atoms with Crippen molar-refractivity contribution in [3.05, 3.63) is 45.9 Å². The summed E-state index contributed by atoms with van der Waals surface area (Å²) >= 11 is 3.76. The second-order valence-electron chi connectivity index (χ2n) is 8.66. The van der Waals surface area contributed by atoms with Gasteiger partial charge in [0, 0.05) is 22.1 Å². The van der Waals surface area contributed by atoms with Crippen LogP contribution in [-0.4, -0.2) is 82.3 Å². The van der Waals surface area contributed by atoms with Gasteiger partial charge in [0.25, 0.3) is 17.6 Å². The first-order valence-corrected chi connectivity index (χ1v) is 14.4. The number of nitrogens with one attached hydrogen (secondary N) is 1. The van der Waals surface area contributed by atoms with Crippen molar-refractivity contribution in [3.63, 3.8) is 0 Å². The van der Waals surface area contributed by atoms with Crippen LogP contribution in [-0.2, 0) is 37.2 Å². The van der Waals surface area contributed by atoms with E-state index in [1.165, 1.54) is 35.4 Å². The molecule has 0 unspecified atom stereocenters. The van der Waals surface area contributed by atoms with Crippen LogP contribution in [0.5, 0.6) is 0 Å². The third-order valence-electron chi connectivity index (χ3n) is 6.18. The predicted octanol–water partition coefficient (Wildman–Crippen LogP) is -0.548. The molecule has 6 N–H and O–H groups in total. The molecule has 0 saturated carbocycles. The standard InChI is InChI=1S/C22H21N7O8S3/c1-9(20(33)34)37-26-14(11-8-40-22(23)24-11)17(31)25-15-18(32)29-16(21(35)36)10(7-39-19(15)29)4-27-5-13-28(2-3-38-13)12(27)6-30/h2-3,5,8-9,15,19,30H,4,6-7H2,1H3,(H4-,23,24,25,31,33,34,35,36)/p+1/b26-14-/t9-,15+,19+/m0/s1. The summed E-state index contributed by atoms with van der Waals surface area (Å²) in [7, 11) is 0. The van der Waals surface area contributed by atoms with Crippen molar-refractivity contribution < 1.29 is 43.9 Å². The molecule has 5 heterocycles. The van der Waals surface area contributed by atoms with Crippen molar-refractivity contribution in [3.8, 4) is 0 Å². The molecule has 3 atom stereocenters. The second kappa shape index (κ2) is 10.9. The van der Waals surface area contributed by atoms with E-state index in [1.807, 2.05) is 5.38 Å². The molecule has 0 radical (unpaired) electrons. The van der Waals surface area contributed by atoms with Crippen LogP contribution in [0.4, 0.5) is 5.13 Å². The number of aliphatic carboxylic acids is 2. The topological polar surface area (TPSA) is 213 Å². The number of hydrogen-bond donors (Lipinski definition) is 5. The average Bonchev–Trinajstić information content (AvgIpc) is 3.63. The van der Waals surface area contributed by atoms with Gasteiger partial charge in [-0.15, -0.1) is 23.1 Å². The first-order chi connectivity index (χ1) is 19.1. The van der Waals surface area contributed by atoms with Crippen molar-refractivity contribution in [2.75, 3.05) is 11.5 Å². The number of fused-ring (bicyclic) bond motifs is 2. The Labute approximate surface area is 237 Å². The summed E-state index contributed by atoms with van der Waals surface area (Å²) < 4.78 is 3.55. The Balaban J connectivity index is 1.37. The molecule has 5 rings (SSSR count). The van der Waals surface area contributed by atoms with Crippen LogP contribution in [0.3, 0.4) is 0 Å². The molecule has 18 heteroatoms. The van der Waals surface area contributed by atoms with Gasteiger partial charge in [0.05, 0.1) is 0 Å². The van der Waals surface area contributed by atoms with E-state index in [2.05, 4.69) is 15.5 Å². The Morgan fingerprint density at radius 3 is 2.77 bits per heavy atom. The number of oxime groups is 1. The number of carboxylic acids is 2. The highest BCUT2D eigenvalue weighted by Gasteiger charge is 2.54. The average molecular weight is 609 g/mol. The number of anilines is 1. The predicted molar refractivity (Wildman–Crippen MR) is 142 cm³/mol. The minimum absolute atomic E-state index is 0.0232. The summed E-state index contributed by atoms with van der Waals surface area (Å²) in [6.07, 6.45) is 2.24. The van der Waals surface area contributed by atoms with Crippen molar-refractivity contribution >= 4 is 73.9 Å². The molecule has 0 spiro atoms. The zero-order valence-electron chi connectivity index (χ0n) is 20.6. The molecule has 3 aromatic heterocycles. The van der Waals surface area contributed by atoms with Gasteiger partial charge in [0.1, 0.15) is 48.4 Å². The number of hydrogen-bond acceptors (Lipinski definition) is 12. The number of aromatic nitrogens is 3. The van der Waals surface area contributed by atoms with E-state index in [0.717, 1.165) is 21.1 Å². The zero-order chi connectivity index (χ0) is 28.7. The van der Waals surface area contributed by atoms with E-state index in [-0.39, 0.29) is 41.1 Å². The number of carboxylic acid groups (broad SMARTS) is 2. The fourth-order valence-corrected chi connectivity index (χ4v) is 6.92. The van der Waals surface area contributed by atoms with Gasteiger partial charge >= 0.3 is 11.9 Å². The summed E-state index contributed by atoms with van der Waals surface area (Å²) in [5.74, 6) is -3.28. The Hall–Kier alpha value is -4.00. The fraction of sp³-hybridized carbons (Fsp3) is 0.318. The van der Waals surface area contributed by atoms with Crippen molar-refractivity contribution in [2.24, 2.45) is 5.16 Å². The van der Waals surface area contributed by atoms with Gasteiger partial charge in [-0.2, -0.15) is 4.40 Å². The monoisotopic (exact) mass is 608 g/mol. The van der Waals surface area contributed by atoms with Crippen molar-refractivity contribution in [1.82, 2.24) is 19.6 Å². The van der Waals surface area contributed by atoms with E-state index in [9.17, 15) is 29.4 Å². The smallest absolute Gasteiger partial charge is 0.352 e. The van der Waals surface area contributed by atoms with E-state index in [4.69, 9.17) is 15.7 Å². The Morgan fingerprint density at radius 2 is 2.12 bits per heavy atom. The Morgan fingerprint density at radius 1 is 1.35 bits per heavy atom. The number of carbonyl (C=O) groups excluding carboxylic acids is 2. The number of rotatable bonds is 10. The van der Waals surface area contributed by atoms with Crippen LogP contribution < -0.4 is 15.6 Å². The first-order valence-electron chi connectivity index (χ1n) is 11.6. The van der Waals surface area contributed by atoms with Gasteiger partial charge in [0.15, 0.2) is 10.8 Å². The second-order valence-corrected chi connectivity index (χ2v) is 11.6. The molecule has 3 aromatic rings. The molecular weight excluding hydrogens is 586 g/mol. The van der Waals surface area contributed by atoms with E-state index in [0.29, 0.717) is 11.4 Å². The van der Waals surface area contributed by atoms with Crippen LogP contribution >= 0.6 is 34.4 Å². The summed E-state index contributed by atoms with van der Waals surface area (Å²) in [4.78, 5) is 60.6. The molecule has 0 bridgehead atoms. The van der Waals surface area contributed by atoms with Gasteiger partial charge < -0.3 is 31.2 Å². The number of nitrogen functional groups attached to an aromatic ring is 1. The largest absolute Gasteiger partial charge is 0.478 e. The third kappa shape index (κ3) is 4.89. The lowest BCUT2D eigenvalue weighted by Crippen LogP contribution is -2.71. The first kappa shape index (κ1) is 27.6. The molecule has 40 heavy (non-hydrogen) atoms. The molecule has 2 aliphatic heterocycles. The summed E-state index contributed by atoms with van der Waals surface area (Å²) in [5.41, 5.74) is 5.59. The highest BCUT2D eigenvalue weighted by atomic mass is 32.2. The van der Waals surface area contributed by atoms with Gasteiger partial charge in [0.2, 0.25) is 10.9 Å². The summed E-state index contributed by atoms with van der Waals surface area (Å²) in [6.45, 7) is 1.10. The maximum Gasteiger partial charge on any atom is 0.352 e. The highest BCUT2D eigenvalue weighted by Crippen LogP contribution is 2.40. The summed E-state index contributed by atoms with van der Waals surface area (Å²) in [6, 6.07) is -1.08. The maximum atomic E-state index is 13.2. The van der Waals surface area contributed by atoms with Gasteiger partial charge in [-0.1, -0.05) is 16.5 Å². The van der Waals surface area contributed by atoms with Crippen LogP contribution in [0.15, 0.2) is 39.6 Å². The molecular formula is C22H22N7O8S3+. The van der Waals surface area contributed by atoms with E-state index >= 15 is 0 Å². The normalized spacial score (nSPS) is 19.8. The van der Waals surface area contributed by atoms with Crippen LogP contribution in [0.2, 0.25) is 0 Å². The van der Waals surface area contributed by atoms with Gasteiger partial charge in [-0.05, 0) is 6.92 Å². The minimum atomic E-state index is -1.36. The van der Waals surface area contributed by atoms with Crippen LogP contribution in [0.25, 0.3) is 4.83 Å². The quantitative estimate of drug-likeness (QED) is 0.0852. The van der Waals surface area contributed by atoms with E-state index in [1.54, 1.807) is 21.4 Å². The number of β-lactam (4-membered cyclic amide) rings is 1. The molecule has 1 saturated heterocycles. The lowest BCUT2D eigenvalue weighted by Gasteiger charge is -2.49. The molecule has 2 aliphatic rings. The van der Waals surface area contributed by atoms with Gasteiger partial charge in [-0.25, -0.2) is 19.1 Å². The Bertz CT molecular complexity index is 1590. The zero-order valence-corrected chi connectivity index (χ0v) is 23.0. The minimum Gasteiger partial charge on any atom is -0.478 e. The number of thiazole rings is 2. The van der Waals surface area contributed by atoms with Gasteiger partial charge in [-0.3, -0.25) is 14.5 Å². The maximum absolute atomic E-state index is 13.2. The number of aliphatic hydroxyl groups is 1. The molecule has 0 aromatic carbocycles. The molecule has 210 valence electrons. The molecule has 2 amide bonds. The number of amides is 2. The number of thioether (sulfide) groups is 1. The molecule has 15 nitrogen and oxygen atoms in total. The van der Waals surface area contributed by atoms with Crippen molar-refractivity contribution in [1.29, 1.82) is 0 Å². The number of carbonyl (C=O) groups is 4. The molecule has 1 fully saturated rings. The fourth-order valence-electron chi connectivity index (χ4n) is 4.25. The van der Waals surface area contributed by atoms with E-state index < -0.39 is 41.3 Å². The number of imidazole rings is 1. The van der Waals surface area contributed by atoms with Crippen LogP contribution in [0, 0.1) is 0 Å². The van der Waals surface area contributed by atoms with Crippen LogP contribution in [0.1, 0.15) is 18.4 Å². The number of nitrogens with two attached hydrogens (primary N) is 1. The SMILES string of the molecule is C[C@H](O/N=C(\C(=O)N[C@@H]1C(=O)N2C(C(=O)O)=C(C[n+]3cc4sccn4c3CO)CS[C@H]12)c1csc(N)n1)C(=O)O. The highest BCUT2D eigenvalue weighted by molar-refractivity contribution is 8.00. The Kier molecular flexibility index (Phi) is 7.49. The number of aliphatic hydroxyl groups excluding tert-OH is 1. The number of nitrogens with zero attached hydrogens (tertiary/aromatic N) is 5. The lowest BCUT2D eigenvalue weighted by molar-refractivity contribution is -0.696. The third-order valence-corrected chi connectivity index (χ3v) is 9.00. The molecule has 0 aliphatic carbocycles. The lowest BCUT2D eigenvalue weighted by atomic mass is 10.0.